The smallest absolute Gasteiger partial charge is 0.0713 e. The van der Waals surface area contributed by atoms with Gasteiger partial charge in [0.15, 0.2) is 0 Å². The van der Waals surface area contributed by atoms with Gasteiger partial charge in [0.1, 0.15) is 0 Å². The molecule has 10 heavy (non-hydrogen) atoms. The minimum absolute atomic E-state index is 0.0278. The summed E-state index contributed by atoms with van der Waals surface area (Å²) in [7, 11) is 0.0278. The molecule has 0 spiro atoms. The summed E-state index contributed by atoms with van der Waals surface area (Å²) in [5, 5.41) is 3.31. The highest BCUT2D eigenvalue weighted by molar-refractivity contribution is 7.90. The third-order valence-electron chi connectivity index (χ3n) is 0.667. The van der Waals surface area contributed by atoms with E-state index < -0.39 is 0 Å². The second-order valence-corrected chi connectivity index (χ2v) is 4.40. The molecule has 0 unspecified atom stereocenters. The van der Waals surface area contributed by atoms with Crippen molar-refractivity contribution in [2.75, 3.05) is 0 Å². The van der Waals surface area contributed by atoms with Gasteiger partial charge in [-0.1, -0.05) is 50.2 Å². The Balaban J connectivity index is 0. The van der Waals surface area contributed by atoms with Gasteiger partial charge in [0.2, 0.25) is 0 Å². The summed E-state index contributed by atoms with van der Waals surface area (Å²) in [6.07, 6.45) is 0. The van der Waals surface area contributed by atoms with E-state index in [1.165, 1.54) is 0 Å². The van der Waals surface area contributed by atoms with Crippen LogP contribution in [0.5, 0.6) is 0 Å². The van der Waals surface area contributed by atoms with Crippen molar-refractivity contribution in [3.8, 4) is 0 Å². The Kier molecular flexibility index (Phi) is 13.5. The Morgan fingerprint density at radius 3 is 1.20 bits per heavy atom. The molecule has 0 fully saturated rings. The van der Waals surface area contributed by atoms with Gasteiger partial charge in [-0.15, -0.1) is 0 Å². The molecular weight excluding hydrogens is 188 g/mol. The third kappa shape index (κ3) is 23.1. The lowest BCUT2D eigenvalue weighted by atomic mass is 10.3. The summed E-state index contributed by atoms with van der Waals surface area (Å²) in [5.74, 6) is 0. The molecule has 0 bridgehead atoms. The average molecular weight is 204 g/mol. The van der Waals surface area contributed by atoms with E-state index in [0.29, 0.717) is 12.1 Å². The molecule has 0 aromatic rings. The molecule has 0 saturated heterocycles. The van der Waals surface area contributed by atoms with Crippen LogP contribution >= 0.6 is 29.8 Å². The fraction of sp³-hybridized carbons (Fsp3) is 1.00. The molecule has 0 saturated carbocycles. The Bertz CT molecular complexity index is 53.7. The lowest BCUT2D eigenvalue weighted by Crippen LogP contribution is -2.29. The van der Waals surface area contributed by atoms with Gasteiger partial charge in [-0.2, -0.15) is 0 Å². The van der Waals surface area contributed by atoms with Crippen LogP contribution in [0.4, 0.5) is 0 Å². The molecular formula is C6H16Cl2NP. The van der Waals surface area contributed by atoms with Crippen LogP contribution in [0, 0.1) is 0 Å². The molecule has 0 amide bonds. The normalized spacial score (nSPS) is 9.60. The molecule has 0 aliphatic rings. The molecule has 1 nitrogen and oxygen atoms in total. The average Bonchev–Trinajstić information content (AvgIpc) is 1.62. The molecule has 0 aliphatic carbocycles. The lowest BCUT2D eigenvalue weighted by molar-refractivity contribution is 0.518. The Hall–Kier alpha value is 0.970. The van der Waals surface area contributed by atoms with Gasteiger partial charge in [-0.05, 0) is 0 Å². The van der Waals surface area contributed by atoms with Crippen LogP contribution in [0.1, 0.15) is 27.7 Å². The van der Waals surface area contributed by atoms with E-state index in [4.69, 9.17) is 22.5 Å². The van der Waals surface area contributed by atoms with Crippen molar-refractivity contribution in [3.63, 3.8) is 0 Å². The molecule has 0 rings (SSSR count). The molecule has 4 heteroatoms. The maximum Gasteiger partial charge on any atom is 0.0713 e. The first-order valence-electron chi connectivity index (χ1n) is 3.26. The maximum absolute atomic E-state index is 4.79. The van der Waals surface area contributed by atoms with E-state index in [0.717, 1.165) is 0 Å². The Morgan fingerprint density at radius 2 is 1.20 bits per heavy atom. The zero-order valence-corrected chi connectivity index (χ0v) is 9.42. The zero-order valence-electron chi connectivity index (χ0n) is 6.91. The van der Waals surface area contributed by atoms with Crippen LogP contribution in [0.3, 0.4) is 0 Å². The fourth-order valence-electron chi connectivity index (χ4n) is 0.667. The van der Waals surface area contributed by atoms with Crippen molar-refractivity contribution < 1.29 is 0 Å². The van der Waals surface area contributed by atoms with Crippen molar-refractivity contribution in [3.05, 3.63) is 0 Å². The first-order chi connectivity index (χ1) is 4.54. The largest absolute Gasteiger partial charge is 0.312 e. The Morgan fingerprint density at radius 1 is 1.00 bits per heavy atom. The highest BCUT2D eigenvalue weighted by atomic mass is 35.9. The molecule has 0 heterocycles. The van der Waals surface area contributed by atoms with E-state index in [-0.39, 0.29) is 7.29 Å². The minimum Gasteiger partial charge on any atom is -0.312 e. The zero-order chi connectivity index (χ0) is 8.57. The lowest BCUT2D eigenvalue weighted by Gasteiger charge is -2.10. The van der Waals surface area contributed by atoms with E-state index in [9.17, 15) is 0 Å². The van der Waals surface area contributed by atoms with Crippen molar-refractivity contribution in [1.82, 2.24) is 5.32 Å². The highest BCUT2D eigenvalue weighted by Gasteiger charge is 1.92. The minimum atomic E-state index is 0.0278. The van der Waals surface area contributed by atoms with Crippen LogP contribution in [0.25, 0.3) is 0 Å². The van der Waals surface area contributed by atoms with E-state index in [1.807, 2.05) is 0 Å². The van der Waals surface area contributed by atoms with Crippen molar-refractivity contribution in [2.45, 2.75) is 39.8 Å². The van der Waals surface area contributed by atoms with E-state index in [2.05, 4.69) is 33.0 Å². The quantitative estimate of drug-likeness (QED) is 0.680. The summed E-state index contributed by atoms with van der Waals surface area (Å²) in [6.45, 7) is 8.61. The van der Waals surface area contributed by atoms with Gasteiger partial charge in [-0.3, -0.25) is 0 Å². The standard InChI is InChI=1S/C6H15N.Cl2HP/c1-5(2)7-6(3)4;1-3-2/h5-7H,1-4H3;3H. The summed E-state index contributed by atoms with van der Waals surface area (Å²) in [4.78, 5) is 0. The van der Waals surface area contributed by atoms with Crippen LogP contribution in [-0.4, -0.2) is 12.1 Å². The van der Waals surface area contributed by atoms with Gasteiger partial charge in [0.25, 0.3) is 0 Å². The van der Waals surface area contributed by atoms with Crippen molar-refractivity contribution in [2.24, 2.45) is 0 Å². The number of hydrogen-bond acceptors (Lipinski definition) is 1. The predicted molar refractivity (Wildman–Crippen MR) is 53.4 cm³/mol. The molecule has 0 radical (unpaired) electrons. The molecule has 0 aliphatic heterocycles. The molecule has 1 N–H and O–H groups in total. The maximum atomic E-state index is 4.79. The van der Waals surface area contributed by atoms with Gasteiger partial charge in [-0.25, -0.2) is 0 Å². The topological polar surface area (TPSA) is 12.0 Å². The third-order valence-corrected chi connectivity index (χ3v) is 0.667. The number of hydrogen-bond donors (Lipinski definition) is 1. The van der Waals surface area contributed by atoms with Gasteiger partial charge in [0, 0.05) is 12.1 Å². The van der Waals surface area contributed by atoms with Crippen LogP contribution in [-0.2, 0) is 0 Å². The number of halogens is 2. The predicted octanol–water partition coefficient (Wildman–Crippen LogP) is 3.37. The SMILES string of the molecule is CC(C)NC(C)C.ClPCl. The van der Waals surface area contributed by atoms with Crippen LogP contribution < -0.4 is 5.32 Å². The molecule has 0 aromatic heterocycles. The van der Waals surface area contributed by atoms with Crippen molar-refractivity contribution >= 4 is 29.8 Å². The second-order valence-electron chi connectivity index (χ2n) is 2.55. The summed E-state index contributed by atoms with van der Waals surface area (Å²) >= 11 is 9.58. The number of nitrogens with one attached hydrogen (secondary N) is 1. The fourth-order valence-corrected chi connectivity index (χ4v) is 0.667. The summed E-state index contributed by atoms with van der Waals surface area (Å²) in [5.41, 5.74) is 0. The molecule has 0 atom stereocenters. The summed E-state index contributed by atoms with van der Waals surface area (Å²) in [6, 6.07) is 1.25. The van der Waals surface area contributed by atoms with Gasteiger partial charge < -0.3 is 5.32 Å². The van der Waals surface area contributed by atoms with Crippen LogP contribution in [0.15, 0.2) is 0 Å². The monoisotopic (exact) mass is 203 g/mol. The second kappa shape index (κ2) is 9.97. The van der Waals surface area contributed by atoms with Crippen molar-refractivity contribution in [1.29, 1.82) is 0 Å². The first-order valence-corrected chi connectivity index (χ1v) is 6.29. The van der Waals surface area contributed by atoms with E-state index in [1.54, 1.807) is 0 Å². The van der Waals surface area contributed by atoms with Crippen LogP contribution in [0.2, 0.25) is 0 Å². The molecule has 0 aromatic carbocycles. The molecule has 64 valence electrons. The van der Waals surface area contributed by atoms with Gasteiger partial charge in [0.05, 0.1) is 7.29 Å². The Labute approximate surface area is 75.2 Å². The highest BCUT2D eigenvalue weighted by Crippen LogP contribution is 2.19. The first kappa shape index (κ1) is 13.6. The van der Waals surface area contributed by atoms with Gasteiger partial charge >= 0.3 is 0 Å². The summed E-state index contributed by atoms with van der Waals surface area (Å²) < 4.78 is 0. The van der Waals surface area contributed by atoms with E-state index >= 15 is 0 Å². The number of rotatable bonds is 2.